The molecule has 0 bridgehead atoms. The SMILES string of the molecule is CC(C)CCc1nn(CCN(C)C)cc1[N+](=O)[O-]. The number of likely N-dealkylation sites (N-methyl/N-ethyl adjacent to an activating group) is 1. The van der Waals surface area contributed by atoms with Crippen LogP contribution < -0.4 is 0 Å². The molecule has 0 aliphatic carbocycles. The molecule has 0 saturated carbocycles. The van der Waals surface area contributed by atoms with Gasteiger partial charge in [0.05, 0.1) is 11.5 Å². The Morgan fingerprint density at radius 2 is 2.17 bits per heavy atom. The number of nitro groups is 1. The zero-order chi connectivity index (χ0) is 13.7. The maximum Gasteiger partial charge on any atom is 0.310 e. The van der Waals surface area contributed by atoms with Crippen molar-refractivity contribution in [1.82, 2.24) is 14.7 Å². The van der Waals surface area contributed by atoms with Crippen LogP contribution in [-0.4, -0.2) is 40.2 Å². The first kappa shape index (κ1) is 14.6. The Morgan fingerprint density at radius 3 is 2.67 bits per heavy atom. The molecule has 0 atom stereocenters. The van der Waals surface area contributed by atoms with Gasteiger partial charge in [-0.15, -0.1) is 0 Å². The summed E-state index contributed by atoms with van der Waals surface area (Å²) >= 11 is 0. The third kappa shape index (κ3) is 4.44. The number of hydrogen-bond donors (Lipinski definition) is 0. The third-order valence-corrected chi connectivity index (χ3v) is 2.75. The number of hydrogen-bond acceptors (Lipinski definition) is 4. The Hall–Kier alpha value is -1.43. The molecule has 6 nitrogen and oxygen atoms in total. The highest BCUT2D eigenvalue weighted by Gasteiger charge is 2.19. The van der Waals surface area contributed by atoms with E-state index < -0.39 is 0 Å². The molecule has 0 aliphatic heterocycles. The molecule has 1 heterocycles. The molecule has 0 unspecified atom stereocenters. The molecule has 1 aromatic rings. The summed E-state index contributed by atoms with van der Waals surface area (Å²) in [5.74, 6) is 0.525. The van der Waals surface area contributed by atoms with Gasteiger partial charge in [-0.25, -0.2) is 0 Å². The van der Waals surface area contributed by atoms with Gasteiger partial charge in [-0.3, -0.25) is 14.8 Å². The van der Waals surface area contributed by atoms with Crippen molar-refractivity contribution in [2.24, 2.45) is 5.92 Å². The minimum absolute atomic E-state index is 0.148. The Kier molecular flexibility index (Phi) is 5.27. The molecule has 0 saturated heterocycles. The highest BCUT2D eigenvalue weighted by atomic mass is 16.6. The summed E-state index contributed by atoms with van der Waals surface area (Å²) in [4.78, 5) is 12.7. The smallest absolute Gasteiger partial charge is 0.308 e. The molecular formula is C12H22N4O2. The molecule has 1 aromatic heterocycles. The molecule has 6 heteroatoms. The van der Waals surface area contributed by atoms with Crippen molar-refractivity contribution in [3.8, 4) is 0 Å². The van der Waals surface area contributed by atoms with Crippen LogP contribution in [0.2, 0.25) is 0 Å². The first-order valence-electron chi connectivity index (χ1n) is 6.25. The van der Waals surface area contributed by atoms with E-state index in [4.69, 9.17) is 0 Å². The van der Waals surface area contributed by atoms with E-state index in [2.05, 4.69) is 18.9 Å². The fourth-order valence-corrected chi connectivity index (χ4v) is 1.62. The molecule has 0 aliphatic rings. The predicted octanol–water partition coefficient (Wildman–Crippen LogP) is 1.94. The normalized spacial score (nSPS) is 11.4. The van der Waals surface area contributed by atoms with Crippen molar-refractivity contribution in [2.75, 3.05) is 20.6 Å². The number of aromatic nitrogens is 2. The van der Waals surface area contributed by atoms with Gasteiger partial charge in [0.25, 0.3) is 0 Å². The fraction of sp³-hybridized carbons (Fsp3) is 0.750. The van der Waals surface area contributed by atoms with E-state index in [1.165, 1.54) is 0 Å². The lowest BCUT2D eigenvalue weighted by atomic mass is 10.1. The maximum absolute atomic E-state index is 11.0. The lowest BCUT2D eigenvalue weighted by Crippen LogP contribution is -2.18. The second kappa shape index (κ2) is 6.49. The molecule has 0 N–H and O–H groups in total. The summed E-state index contributed by atoms with van der Waals surface area (Å²) in [5.41, 5.74) is 0.752. The largest absolute Gasteiger partial charge is 0.310 e. The monoisotopic (exact) mass is 254 g/mol. The van der Waals surface area contributed by atoms with Crippen molar-refractivity contribution in [3.05, 3.63) is 22.0 Å². The highest BCUT2D eigenvalue weighted by molar-refractivity contribution is 5.32. The van der Waals surface area contributed by atoms with Crippen molar-refractivity contribution in [1.29, 1.82) is 0 Å². The van der Waals surface area contributed by atoms with E-state index in [0.717, 1.165) is 13.0 Å². The van der Waals surface area contributed by atoms with Gasteiger partial charge in [-0.05, 0) is 32.9 Å². The van der Waals surface area contributed by atoms with Crippen LogP contribution in [0.5, 0.6) is 0 Å². The standard InChI is InChI=1S/C12H22N4O2/c1-10(2)5-6-11-12(16(17)18)9-15(13-11)8-7-14(3)4/h9-10H,5-8H2,1-4H3. The zero-order valence-electron chi connectivity index (χ0n) is 11.6. The molecule has 0 amide bonds. The Labute approximate surface area is 108 Å². The number of nitrogens with zero attached hydrogens (tertiary/aromatic N) is 4. The summed E-state index contributed by atoms with van der Waals surface area (Å²) in [7, 11) is 3.94. The minimum atomic E-state index is -0.338. The van der Waals surface area contributed by atoms with Gasteiger partial charge in [0, 0.05) is 6.54 Å². The van der Waals surface area contributed by atoms with Crippen LogP contribution >= 0.6 is 0 Å². The van der Waals surface area contributed by atoms with Gasteiger partial charge >= 0.3 is 5.69 Å². The van der Waals surface area contributed by atoms with E-state index in [9.17, 15) is 10.1 Å². The summed E-state index contributed by atoms with van der Waals surface area (Å²) in [6, 6.07) is 0. The molecule has 0 aromatic carbocycles. The topological polar surface area (TPSA) is 64.2 Å². The van der Waals surface area contributed by atoms with E-state index in [1.807, 2.05) is 19.0 Å². The van der Waals surface area contributed by atoms with Gasteiger partial charge in [0.1, 0.15) is 11.9 Å². The third-order valence-electron chi connectivity index (χ3n) is 2.75. The average molecular weight is 254 g/mol. The van der Waals surface area contributed by atoms with Gasteiger partial charge in [-0.1, -0.05) is 13.8 Å². The summed E-state index contributed by atoms with van der Waals surface area (Å²) in [5, 5.41) is 15.3. The number of aryl methyl sites for hydroxylation is 1. The minimum Gasteiger partial charge on any atom is -0.308 e. The number of rotatable bonds is 7. The van der Waals surface area contributed by atoms with E-state index in [0.29, 0.717) is 24.6 Å². The zero-order valence-corrected chi connectivity index (χ0v) is 11.6. The Balaban J connectivity index is 2.77. The highest BCUT2D eigenvalue weighted by Crippen LogP contribution is 2.19. The molecule has 0 radical (unpaired) electrons. The average Bonchev–Trinajstić information content (AvgIpc) is 2.67. The lowest BCUT2D eigenvalue weighted by molar-refractivity contribution is -0.385. The maximum atomic E-state index is 11.0. The Bertz CT molecular complexity index is 399. The molecule has 102 valence electrons. The van der Waals surface area contributed by atoms with E-state index in [-0.39, 0.29) is 10.6 Å². The van der Waals surface area contributed by atoms with Gasteiger partial charge in [0.15, 0.2) is 0 Å². The van der Waals surface area contributed by atoms with Crippen LogP contribution in [0.15, 0.2) is 6.20 Å². The van der Waals surface area contributed by atoms with Crippen LogP contribution in [0, 0.1) is 16.0 Å². The second-order valence-electron chi connectivity index (χ2n) is 5.22. The van der Waals surface area contributed by atoms with Crippen LogP contribution in [0.1, 0.15) is 26.0 Å². The predicted molar refractivity (Wildman–Crippen MR) is 70.6 cm³/mol. The van der Waals surface area contributed by atoms with Gasteiger partial charge in [0.2, 0.25) is 0 Å². The van der Waals surface area contributed by atoms with Gasteiger partial charge < -0.3 is 4.90 Å². The van der Waals surface area contributed by atoms with Crippen LogP contribution in [0.3, 0.4) is 0 Å². The first-order chi connectivity index (χ1) is 8.40. The van der Waals surface area contributed by atoms with Gasteiger partial charge in [-0.2, -0.15) is 5.10 Å². The summed E-state index contributed by atoms with van der Waals surface area (Å²) in [6.07, 6.45) is 3.13. The summed E-state index contributed by atoms with van der Waals surface area (Å²) < 4.78 is 1.67. The molecular weight excluding hydrogens is 232 g/mol. The summed E-state index contributed by atoms with van der Waals surface area (Å²) in [6.45, 7) is 5.71. The van der Waals surface area contributed by atoms with Crippen LogP contribution in [0.4, 0.5) is 5.69 Å². The quantitative estimate of drug-likeness (QED) is 0.551. The first-order valence-corrected chi connectivity index (χ1v) is 6.25. The molecule has 1 rings (SSSR count). The van der Waals surface area contributed by atoms with Crippen molar-refractivity contribution < 1.29 is 4.92 Å². The van der Waals surface area contributed by atoms with Crippen molar-refractivity contribution in [3.63, 3.8) is 0 Å². The van der Waals surface area contributed by atoms with Crippen LogP contribution in [-0.2, 0) is 13.0 Å². The lowest BCUT2D eigenvalue weighted by Gasteiger charge is -2.08. The second-order valence-corrected chi connectivity index (χ2v) is 5.22. The molecule has 0 spiro atoms. The van der Waals surface area contributed by atoms with Crippen LogP contribution in [0.25, 0.3) is 0 Å². The molecule has 18 heavy (non-hydrogen) atoms. The fourth-order valence-electron chi connectivity index (χ4n) is 1.62. The molecule has 0 fully saturated rings. The van der Waals surface area contributed by atoms with Crippen molar-refractivity contribution >= 4 is 5.69 Å². The Morgan fingerprint density at radius 1 is 1.50 bits per heavy atom. The van der Waals surface area contributed by atoms with E-state index in [1.54, 1.807) is 10.9 Å². The van der Waals surface area contributed by atoms with Crippen molar-refractivity contribution in [2.45, 2.75) is 33.2 Å². The van der Waals surface area contributed by atoms with E-state index >= 15 is 0 Å².